The molecule has 2 rings (SSSR count). The van der Waals surface area contributed by atoms with Crippen molar-refractivity contribution in [3.63, 3.8) is 0 Å². The fraction of sp³-hybridized carbons (Fsp3) is 0.538. The summed E-state index contributed by atoms with van der Waals surface area (Å²) in [6.45, 7) is 4.33. The van der Waals surface area contributed by atoms with E-state index in [9.17, 15) is 5.11 Å². The molecule has 88 valence electrons. The molecule has 1 aliphatic rings. The molecule has 0 spiro atoms. The summed E-state index contributed by atoms with van der Waals surface area (Å²) in [5.41, 5.74) is 1.02. The van der Waals surface area contributed by atoms with Crippen molar-refractivity contribution in [1.82, 2.24) is 5.32 Å². The molecule has 1 heterocycles. The smallest absolute Gasteiger partial charge is 0.0943 e. The summed E-state index contributed by atoms with van der Waals surface area (Å²) in [5.74, 6) is 0. The molecule has 16 heavy (non-hydrogen) atoms. The minimum Gasteiger partial charge on any atom is -0.387 e. The Morgan fingerprint density at radius 2 is 2.25 bits per heavy atom. The zero-order valence-electron chi connectivity index (χ0n) is 9.70. The second kappa shape index (κ2) is 4.36. The standard InChI is InChI=1S/C13H18ClNO/c1-13(2)7-6-11(15-13)12(16)9-4-3-5-10(14)8-9/h3-5,8,11-12,15-16H,6-7H2,1-2H3. The molecule has 2 nitrogen and oxygen atoms in total. The first kappa shape index (κ1) is 11.9. The summed E-state index contributed by atoms with van der Waals surface area (Å²) in [6.07, 6.45) is 1.62. The fourth-order valence-corrected chi connectivity index (χ4v) is 2.52. The molecule has 3 heteroatoms. The van der Waals surface area contributed by atoms with Gasteiger partial charge in [-0.05, 0) is 44.4 Å². The van der Waals surface area contributed by atoms with Crippen molar-refractivity contribution in [2.45, 2.75) is 44.4 Å². The number of aliphatic hydroxyl groups excluding tert-OH is 1. The van der Waals surface area contributed by atoms with Gasteiger partial charge in [0.1, 0.15) is 0 Å². The summed E-state index contributed by atoms with van der Waals surface area (Å²) in [4.78, 5) is 0. The molecule has 0 aromatic heterocycles. The van der Waals surface area contributed by atoms with Gasteiger partial charge in [-0.2, -0.15) is 0 Å². The van der Waals surface area contributed by atoms with Gasteiger partial charge in [0, 0.05) is 16.6 Å². The van der Waals surface area contributed by atoms with Crippen LogP contribution in [0.1, 0.15) is 38.4 Å². The van der Waals surface area contributed by atoms with E-state index in [1.54, 1.807) is 0 Å². The average Bonchev–Trinajstić information content (AvgIpc) is 2.58. The molecule has 1 aliphatic heterocycles. The fourth-order valence-electron chi connectivity index (χ4n) is 2.32. The average molecular weight is 240 g/mol. The Morgan fingerprint density at radius 3 is 2.81 bits per heavy atom. The van der Waals surface area contributed by atoms with Crippen LogP contribution in [0.25, 0.3) is 0 Å². The molecule has 1 aromatic rings. The molecule has 2 unspecified atom stereocenters. The molecule has 0 aliphatic carbocycles. The number of halogens is 1. The SMILES string of the molecule is CC1(C)CCC(C(O)c2cccc(Cl)c2)N1. The van der Waals surface area contributed by atoms with E-state index in [2.05, 4.69) is 19.2 Å². The van der Waals surface area contributed by atoms with Gasteiger partial charge < -0.3 is 10.4 Å². The predicted octanol–water partition coefficient (Wildman–Crippen LogP) is 2.90. The Labute approximate surface area is 102 Å². The number of aliphatic hydroxyl groups is 1. The van der Waals surface area contributed by atoms with Crippen LogP contribution in [-0.4, -0.2) is 16.7 Å². The number of rotatable bonds is 2. The van der Waals surface area contributed by atoms with Gasteiger partial charge in [-0.15, -0.1) is 0 Å². The third-order valence-corrected chi connectivity index (χ3v) is 3.46. The van der Waals surface area contributed by atoms with Crippen molar-refractivity contribution < 1.29 is 5.11 Å². The zero-order valence-corrected chi connectivity index (χ0v) is 10.5. The number of benzene rings is 1. The van der Waals surface area contributed by atoms with E-state index in [1.807, 2.05) is 24.3 Å². The van der Waals surface area contributed by atoms with Crippen molar-refractivity contribution in [1.29, 1.82) is 0 Å². The van der Waals surface area contributed by atoms with E-state index in [-0.39, 0.29) is 11.6 Å². The highest BCUT2D eigenvalue weighted by Gasteiger charge is 2.34. The van der Waals surface area contributed by atoms with Gasteiger partial charge in [-0.3, -0.25) is 0 Å². The topological polar surface area (TPSA) is 32.3 Å². The molecular formula is C13H18ClNO. The first-order valence-corrected chi connectivity index (χ1v) is 6.07. The highest BCUT2D eigenvalue weighted by Crippen LogP contribution is 2.30. The number of hydrogen-bond donors (Lipinski definition) is 2. The molecule has 1 saturated heterocycles. The van der Waals surface area contributed by atoms with Crippen molar-refractivity contribution in [3.05, 3.63) is 34.9 Å². The summed E-state index contributed by atoms with van der Waals surface area (Å²) in [7, 11) is 0. The molecule has 1 aromatic carbocycles. The molecule has 0 bridgehead atoms. The first-order chi connectivity index (χ1) is 7.48. The van der Waals surface area contributed by atoms with Crippen LogP contribution in [0.3, 0.4) is 0 Å². The summed E-state index contributed by atoms with van der Waals surface area (Å²) < 4.78 is 0. The summed E-state index contributed by atoms with van der Waals surface area (Å²) >= 11 is 5.92. The lowest BCUT2D eigenvalue weighted by Gasteiger charge is -2.24. The largest absolute Gasteiger partial charge is 0.387 e. The predicted molar refractivity (Wildman–Crippen MR) is 66.6 cm³/mol. The molecular weight excluding hydrogens is 222 g/mol. The van der Waals surface area contributed by atoms with E-state index in [0.717, 1.165) is 18.4 Å². The van der Waals surface area contributed by atoms with Crippen LogP contribution >= 0.6 is 11.6 Å². The van der Waals surface area contributed by atoms with Gasteiger partial charge in [0.05, 0.1) is 6.10 Å². The summed E-state index contributed by atoms with van der Waals surface area (Å²) in [5, 5.41) is 14.4. The van der Waals surface area contributed by atoms with Crippen molar-refractivity contribution >= 4 is 11.6 Å². The number of hydrogen-bond acceptors (Lipinski definition) is 2. The van der Waals surface area contributed by atoms with E-state index in [0.29, 0.717) is 5.02 Å². The van der Waals surface area contributed by atoms with E-state index >= 15 is 0 Å². The summed E-state index contributed by atoms with van der Waals surface area (Å²) in [6, 6.07) is 7.58. The van der Waals surface area contributed by atoms with E-state index in [4.69, 9.17) is 11.6 Å². The molecule has 2 atom stereocenters. The molecule has 0 saturated carbocycles. The van der Waals surface area contributed by atoms with Gasteiger partial charge in [0.2, 0.25) is 0 Å². The van der Waals surface area contributed by atoms with Gasteiger partial charge in [-0.25, -0.2) is 0 Å². The van der Waals surface area contributed by atoms with Gasteiger partial charge in [0.15, 0.2) is 0 Å². The zero-order chi connectivity index (χ0) is 11.8. The van der Waals surface area contributed by atoms with Crippen LogP contribution in [0, 0.1) is 0 Å². The molecule has 0 amide bonds. The second-order valence-electron chi connectivity index (χ2n) is 5.17. The van der Waals surface area contributed by atoms with E-state index < -0.39 is 6.10 Å². The van der Waals surface area contributed by atoms with Crippen LogP contribution in [0.2, 0.25) is 5.02 Å². The highest BCUT2D eigenvalue weighted by molar-refractivity contribution is 6.30. The third kappa shape index (κ3) is 2.57. The lowest BCUT2D eigenvalue weighted by Crippen LogP contribution is -2.40. The van der Waals surface area contributed by atoms with Crippen LogP contribution < -0.4 is 5.32 Å². The Balaban J connectivity index is 2.11. The van der Waals surface area contributed by atoms with Gasteiger partial charge in [0.25, 0.3) is 0 Å². The lowest BCUT2D eigenvalue weighted by atomic mass is 10.0. The second-order valence-corrected chi connectivity index (χ2v) is 5.61. The van der Waals surface area contributed by atoms with Crippen molar-refractivity contribution in [2.24, 2.45) is 0 Å². The van der Waals surface area contributed by atoms with Crippen molar-refractivity contribution in [2.75, 3.05) is 0 Å². The lowest BCUT2D eigenvalue weighted by molar-refractivity contribution is 0.131. The molecule has 2 N–H and O–H groups in total. The minimum atomic E-state index is -0.472. The van der Waals surface area contributed by atoms with E-state index in [1.165, 1.54) is 0 Å². The Bertz CT molecular complexity index is 378. The maximum atomic E-state index is 10.3. The molecule has 0 radical (unpaired) electrons. The van der Waals surface area contributed by atoms with Gasteiger partial charge >= 0.3 is 0 Å². The monoisotopic (exact) mass is 239 g/mol. The third-order valence-electron chi connectivity index (χ3n) is 3.23. The Morgan fingerprint density at radius 1 is 1.50 bits per heavy atom. The Hall–Kier alpha value is -0.570. The normalized spacial score (nSPS) is 25.6. The van der Waals surface area contributed by atoms with Crippen LogP contribution in [0.15, 0.2) is 24.3 Å². The number of nitrogens with one attached hydrogen (secondary N) is 1. The van der Waals surface area contributed by atoms with Gasteiger partial charge in [-0.1, -0.05) is 23.7 Å². The molecule has 1 fully saturated rings. The maximum absolute atomic E-state index is 10.3. The highest BCUT2D eigenvalue weighted by atomic mass is 35.5. The van der Waals surface area contributed by atoms with Crippen LogP contribution in [0.5, 0.6) is 0 Å². The van der Waals surface area contributed by atoms with Crippen molar-refractivity contribution in [3.8, 4) is 0 Å². The van der Waals surface area contributed by atoms with Crippen LogP contribution in [0.4, 0.5) is 0 Å². The first-order valence-electron chi connectivity index (χ1n) is 5.69. The minimum absolute atomic E-state index is 0.129. The quantitative estimate of drug-likeness (QED) is 0.832. The maximum Gasteiger partial charge on any atom is 0.0943 e. The Kier molecular flexibility index (Phi) is 3.24. The van der Waals surface area contributed by atoms with Crippen LogP contribution in [-0.2, 0) is 0 Å².